The van der Waals surface area contributed by atoms with Crippen molar-refractivity contribution in [3.63, 3.8) is 0 Å². The Balaban J connectivity index is 1.57. The molecular formula is C24H21ClN4O2S. The van der Waals surface area contributed by atoms with Crippen molar-refractivity contribution in [3.05, 3.63) is 82.0 Å². The SMILES string of the molecule is CCCCSC1=NN2C(=c3ccccc3=N[C@H]2c2ccc(-c3ccc(Cl)cc3)o2)C(=O)N1. The topological polar surface area (TPSA) is 70.2 Å². The summed E-state index contributed by atoms with van der Waals surface area (Å²) in [5.74, 6) is 2.02. The van der Waals surface area contributed by atoms with Gasteiger partial charge in [-0.1, -0.05) is 54.9 Å². The van der Waals surface area contributed by atoms with E-state index in [2.05, 4.69) is 12.2 Å². The summed E-state index contributed by atoms with van der Waals surface area (Å²) in [7, 11) is 0. The number of para-hydroxylation sites is 1. The molecule has 32 heavy (non-hydrogen) atoms. The highest BCUT2D eigenvalue weighted by molar-refractivity contribution is 8.13. The van der Waals surface area contributed by atoms with Crippen molar-refractivity contribution in [1.82, 2.24) is 10.3 Å². The summed E-state index contributed by atoms with van der Waals surface area (Å²) in [5.41, 5.74) is 1.39. The zero-order valence-corrected chi connectivity index (χ0v) is 19.0. The van der Waals surface area contributed by atoms with E-state index in [-0.39, 0.29) is 5.91 Å². The third-order valence-electron chi connectivity index (χ3n) is 5.26. The van der Waals surface area contributed by atoms with Crippen molar-refractivity contribution in [2.75, 3.05) is 5.75 Å². The molecular weight excluding hydrogens is 444 g/mol. The molecule has 0 unspecified atom stereocenters. The highest BCUT2D eigenvalue weighted by Gasteiger charge is 2.35. The van der Waals surface area contributed by atoms with Crippen molar-refractivity contribution in [3.8, 4) is 11.3 Å². The number of thioether (sulfide) groups is 1. The average Bonchev–Trinajstić information content (AvgIpc) is 3.29. The van der Waals surface area contributed by atoms with Gasteiger partial charge < -0.3 is 4.42 Å². The number of nitrogens with one attached hydrogen (secondary N) is 1. The van der Waals surface area contributed by atoms with Gasteiger partial charge in [-0.3, -0.25) is 10.1 Å². The summed E-state index contributed by atoms with van der Waals surface area (Å²) in [4.78, 5) is 18.0. The van der Waals surface area contributed by atoms with Crippen molar-refractivity contribution in [1.29, 1.82) is 0 Å². The van der Waals surface area contributed by atoms with Crippen molar-refractivity contribution >= 4 is 40.1 Å². The van der Waals surface area contributed by atoms with Crippen LogP contribution in [-0.2, 0) is 4.79 Å². The Morgan fingerprint density at radius 2 is 1.94 bits per heavy atom. The monoisotopic (exact) mass is 464 g/mol. The molecule has 0 radical (unpaired) electrons. The van der Waals surface area contributed by atoms with Crippen LogP contribution in [0.15, 0.2) is 75.2 Å². The summed E-state index contributed by atoms with van der Waals surface area (Å²) in [5, 5.41) is 12.1. The molecule has 0 aliphatic carbocycles. The first-order valence-corrected chi connectivity index (χ1v) is 11.9. The molecule has 162 valence electrons. The second kappa shape index (κ2) is 8.84. The molecule has 2 aliphatic rings. The molecule has 3 heterocycles. The molecule has 5 rings (SSSR count). The van der Waals surface area contributed by atoms with Gasteiger partial charge in [-0.05, 0) is 48.9 Å². The third-order valence-corrected chi connectivity index (χ3v) is 6.46. The predicted molar refractivity (Wildman–Crippen MR) is 127 cm³/mol. The number of hydrazone groups is 1. The highest BCUT2D eigenvalue weighted by atomic mass is 35.5. The number of carbonyl (C=O) groups excluding carboxylic acids is 1. The quantitative estimate of drug-likeness (QED) is 0.572. The fourth-order valence-corrected chi connectivity index (χ4v) is 4.71. The second-order valence-corrected chi connectivity index (χ2v) is 9.00. The van der Waals surface area contributed by atoms with Crippen LogP contribution in [0.3, 0.4) is 0 Å². The van der Waals surface area contributed by atoms with Gasteiger partial charge in [0.05, 0.1) is 5.36 Å². The zero-order valence-electron chi connectivity index (χ0n) is 17.4. The van der Waals surface area contributed by atoms with Crippen molar-refractivity contribution < 1.29 is 9.21 Å². The van der Waals surface area contributed by atoms with Gasteiger partial charge in [0.15, 0.2) is 10.9 Å². The Morgan fingerprint density at radius 1 is 1.12 bits per heavy atom. The summed E-state index contributed by atoms with van der Waals surface area (Å²) in [6.07, 6.45) is 1.56. The van der Waals surface area contributed by atoms with Gasteiger partial charge in [-0.2, -0.15) is 0 Å². The lowest BCUT2D eigenvalue weighted by molar-refractivity contribution is -0.116. The van der Waals surface area contributed by atoms with E-state index in [1.165, 1.54) is 0 Å². The lowest BCUT2D eigenvalue weighted by atomic mass is 10.1. The Kier molecular flexibility index (Phi) is 5.76. The first-order chi connectivity index (χ1) is 15.6. The number of halogens is 1. The highest BCUT2D eigenvalue weighted by Crippen LogP contribution is 2.34. The molecule has 0 saturated heterocycles. The molecule has 0 saturated carbocycles. The van der Waals surface area contributed by atoms with Crippen LogP contribution >= 0.6 is 23.4 Å². The molecule has 0 bridgehead atoms. The molecule has 0 spiro atoms. The minimum Gasteiger partial charge on any atom is -0.457 e. The summed E-state index contributed by atoms with van der Waals surface area (Å²) in [6, 6.07) is 18.8. The second-order valence-electron chi connectivity index (χ2n) is 7.48. The summed E-state index contributed by atoms with van der Waals surface area (Å²) < 4.78 is 6.18. The minimum atomic E-state index is -0.575. The molecule has 2 aliphatic heterocycles. The molecule has 1 aromatic heterocycles. The van der Waals surface area contributed by atoms with Gasteiger partial charge in [-0.15, -0.1) is 5.10 Å². The Hall–Kier alpha value is -3.03. The fraction of sp³-hybridized carbons (Fsp3) is 0.208. The van der Waals surface area contributed by atoms with Crippen molar-refractivity contribution in [2.45, 2.75) is 25.9 Å². The van der Waals surface area contributed by atoms with Crippen molar-refractivity contribution in [2.24, 2.45) is 10.1 Å². The standard InChI is InChI=1S/C24H21ClN4O2S/c1-2-3-14-32-24-27-23(30)21-17-6-4-5-7-18(17)26-22(29(21)28-24)20-13-12-19(31-20)15-8-10-16(25)11-9-15/h4-13,22H,2-3,14H2,1H3,(H,27,28,30)/t22-/m1/s1. The van der Waals surface area contributed by atoms with E-state index >= 15 is 0 Å². The number of amidine groups is 1. The number of hydrogen-bond donors (Lipinski definition) is 1. The van der Waals surface area contributed by atoms with Crippen LogP contribution in [0.5, 0.6) is 0 Å². The van der Waals surface area contributed by atoms with E-state index in [9.17, 15) is 4.79 Å². The number of unbranched alkanes of at least 4 members (excludes halogenated alkanes) is 1. The normalized spacial score (nSPS) is 17.2. The first kappa shape index (κ1) is 20.8. The smallest absolute Gasteiger partial charge is 0.276 e. The van der Waals surface area contributed by atoms with Gasteiger partial charge in [0, 0.05) is 21.6 Å². The van der Waals surface area contributed by atoms with E-state index in [1.807, 2.05) is 60.7 Å². The van der Waals surface area contributed by atoms with Crippen LogP contribution in [0.2, 0.25) is 5.02 Å². The number of benzene rings is 2. The summed E-state index contributed by atoms with van der Waals surface area (Å²) >= 11 is 7.56. The lowest BCUT2D eigenvalue weighted by Crippen LogP contribution is -2.50. The zero-order chi connectivity index (χ0) is 22.1. The largest absolute Gasteiger partial charge is 0.457 e. The van der Waals surface area contributed by atoms with Gasteiger partial charge >= 0.3 is 0 Å². The Morgan fingerprint density at radius 3 is 2.75 bits per heavy atom. The van der Waals surface area contributed by atoms with E-state index in [0.29, 0.717) is 27.4 Å². The third kappa shape index (κ3) is 3.94. The number of nitrogens with zero attached hydrogens (tertiary/aromatic N) is 3. The van der Waals surface area contributed by atoms with Crippen LogP contribution in [0.4, 0.5) is 0 Å². The Labute approximate surface area is 194 Å². The van der Waals surface area contributed by atoms with Gasteiger partial charge in [0.2, 0.25) is 6.17 Å². The van der Waals surface area contributed by atoms with E-state index in [0.717, 1.165) is 34.7 Å². The first-order valence-electron chi connectivity index (χ1n) is 10.5. The molecule has 1 amide bonds. The Bertz CT molecular complexity index is 1320. The van der Waals surface area contributed by atoms with E-state index < -0.39 is 6.17 Å². The number of furan rings is 1. The molecule has 8 heteroatoms. The van der Waals surface area contributed by atoms with Gasteiger partial charge in [-0.25, -0.2) is 10.0 Å². The maximum absolute atomic E-state index is 13.1. The van der Waals surface area contributed by atoms with Crippen LogP contribution in [0.25, 0.3) is 17.0 Å². The van der Waals surface area contributed by atoms with E-state index in [1.54, 1.807) is 16.8 Å². The molecule has 6 nitrogen and oxygen atoms in total. The fourth-order valence-electron chi connectivity index (χ4n) is 3.65. The maximum Gasteiger partial charge on any atom is 0.276 e. The van der Waals surface area contributed by atoms with Gasteiger partial charge in [0.1, 0.15) is 11.5 Å². The van der Waals surface area contributed by atoms with Crippen LogP contribution in [0.1, 0.15) is 31.7 Å². The molecule has 1 N–H and O–H groups in total. The molecule has 1 atom stereocenters. The predicted octanol–water partition coefficient (Wildman–Crippen LogP) is 4.28. The minimum absolute atomic E-state index is 0.184. The van der Waals surface area contributed by atoms with Crippen LogP contribution < -0.4 is 15.9 Å². The number of carbonyl (C=O) groups is 1. The number of fused-ring (bicyclic) bond motifs is 2. The lowest BCUT2D eigenvalue weighted by Gasteiger charge is -2.32. The number of hydrogen-bond acceptors (Lipinski definition) is 6. The number of amides is 1. The molecule has 3 aromatic rings. The maximum atomic E-state index is 13.1. The average molecular weight is 465 g/mol. The van der Waals surface area contributed by atoms with Gasteiger partial charge in [0.25, 0.3) is 5.91 Å². The van der Waals surface area contributed by atoms with E-state index in [4.69, 9.17) is 26.1 Å². The number of rotatable bonds is 5. The van der Waals surface area contributed by atoms with Crippen LogP contribution in [0, 0.1) is 0 Å². The molecule has 2 aromatic carbocycles. The van der Waals surface area contributed by atoms with Crippen LogP contribution in [-0.4, -0.2) is 21.8 Å². The summed E-state index contributed by atoms with van der Waals surface area (Å²) in [6.45, 7) is 2.14. The molecule has 0 fully saturated rings.